The van der Waals surface area contributed by atoms with Crippen LogP contribution in [0.5, 0.6) is 0 Å². The highest BCUT2D eigenvalue weighted by Crippen LogP contribution is 2.64. The van der Waals surface area contributed by atoms with Crippen LogP contribution in [0.15, 0.2) is 41.5 Å². The number of hydrogen-bond donors (Lipinski definition) is 4. The predicted molar refractivity (Wildman–Crippen MR) is 207 cm³/mol. The van der Waals surface area contributed by atoms with Crippen molar-refractivity contribution in [2.45, 2.75) is 142 Å². The van der Waals surface area contributed by atoms with Crippen LogP contribution in [0.4, 0.5) is 4.79 Å². The average Bonchev–Trinajstić information content (AvgIpc) is 3.39. The van der Waals surface area contributed by atoms with Crippen molar-refractivity contribution in [2.24, 2.45) is 22.2 Å². The largest absolute Gasteiger partial charge is 0.455 e. The fourth-order valence-corrected chi connectivity index (χ4v) is 9.95. The minimum Gasteiger partial charge on any atom is -0.455 e. The van der Waals surface area contributed by atoms with E-state index in [1.165, 1.54) is 67.5 Å². The molecule has 2 heterocycles. The van der Waals surface area contributed by atoms with Crippen LogP contribution >= 0.6 is 0 Å². The molecule has 0 spiro atoms. The van der Waals surface area contributed by atoms with Crippen LogP contribution in [0, 0.1) is 22.2 Å². The Balaban J connectivity index is 1.53. The number of Topliss-reactive ketones (excluding diaryl/α,β-unsaturated/α-hetero) is 1. The number of benzene rings is 1. The number of rotatable bonds is 9. The summed E-state index contributed by atoms with van der Waals surface area (Å²) in [6.45, 7) is 13.0. The molecule has 3 aliphatic carbocycles. The third-order valence-electron chi connectivity index (χ3n) is 13.5. The molecule has 1 amide bonds. The molecule has 18 nitrogen and oxygen atoms in total. The number of ether oxygens (including phenoxy) is 7. The Kier molecular flexibility index (Phi) is 11.6. The summed E-state index contributed by atoms with van der Waals surface area (Å²) in [7, 11) is 0. The molecule has 2 bridgehead atoms. The highest BCUT2D eigenvalue weighted by molar-refractivity contribution is 5.96. The number of fused-ring (bicyclic) bond motifs is 5. The Morgan fingerprint density at radius 2 is 1.59 bits per heavy atom. The SMILES string of the molecule is CC(=O)O[C@H]1C(=O)[C@@]2(C)[C@H]([C@H](OC(=O)c3ccccc3)[C@]3(O)C[C@H](OC(=O)C4OC(=O)C(C)(C)[C@H]4NC(=O)OC(C)(C)CO)C(C)=C1C3(C)C)[C@]1(OC(C)=O)CO[C@@H]1C[C@@H]2O. The zero-order chi connectivity index (χ0) is 45.4. The maximum absolute atomic E-state index is 15.4. The lowest BCUT2D eigenvalue weighted by molar-refractivity contribution is -0.346. The minimum atomic E-state index is -2.42. The summed E-state index contributed by atoms with van der Waals surface area (Å²) >= 11 is 0. The van der Waals surface area contributed by atoms with E-state index in [0.29, 0.717) is 0 Å². The molecule has 2 saturated carbocycles. The summed E-state index contributed by atoms with van der Waals surface area (Å²) < 4.78 is 40.9. The second kappa shape index (κ2) is 15.5. The van der Waals surface area contributed by atoms with E-state index in [1.54, 1.807) is 18.2 Å². The second-order valence-electron chi connectivity index (χ2n) is 18.7. The van der Waals surface area contributed by atoms with Crippen molar-refractivity contribution >= 4 is 41.7 Å². The van der Waals surface area contributed by atoms with E-state index in [2.05, 4.69) is 5.32 Å². The maximum Gasteiger partial charge on any atom is 0.408 e. The first-order chi connectivity index (χ1) is 28.2. The van der Waals surface area contributed by atoms with Gasteiger partial charge in [0.2, 0.25) is 6.10 Å². The fraction of sp³-hybridized carbons (Fsp3) is 0.651. The lowest BCUT2D eigenvalue weighted by Crippen LogP contribution is -2.82. The number of carbonyl (C=O) groups is 7. The molecular formula is C43H55NO17. The molecule has 334 valence electrons. The molecule has 2 saturated heterocycles. The number of nitrogens with one attached hydrogen (secondary N) is 1. The van der Waals surface area contributed by atoms with Crippen molar-refractivity contribution in [3.8, 4) is 0 Å². The summed E-state index contributed by atoms with van der Waals surface area (Å²) in [6.07, 6.45) is -11.5. The molecule has 5 aliphatic rings. The van der Waals surface area contributed by atoms with Gasteiger partial charge in [0.15, 0.2) is 17.5 Å². The van der Waals surface area contributed by atoms with Crippen molar-refractivity contribution in [3.63, 3.8) is 0 Å². The number of amides is 1. The van der Waals surface area contributed by atoms with Crippen molar-refractivity contribution in [3.05, 3.63) is 47.0 Å². The first-order valence-electron chi connectivity index (χ1n) is 20.1. The number of aliphatic hydroxyl groups is 3. The third-order valence-corrected chi connectivity index (χ3v) is 13.5. The van der Waals surface area contributed by atoms with Gasteiger partial charge < -0.3 is 53.8 Å². The van der Waals surface area contributed by atoms with Gasteiger partial charge in [-0.1, -0.05) is 32.0 Å². The van der Waals surface area contributed by atoms with Gasteiger partial charge in [0.05, 0.1) is 47.7 Å². The minimum absolute atomic E-state index is 0.0337. The smallest absolute Gasteiger partial charge is 0.408 e. The molecule has 0 aromatic heterocycles. The summed E-state index contributed by atoms with van der Waals surface area (Å²) in [5, 5.41) is 37.8. The molecule has 6 rings (SSSR count). The van der Waals surface area contributed by atoms with E-state index in [-0.39, 0.29) is 29.7 Å². The van der Waals surface area contributed by atoms with Crippen LogP contribution in [0.25, 0.3) is 0 Å². The van der Waals surface area contributed by atoms with Gasteiger partial charge in [-0.05, 0) is 64.8 Å². The Bertz CT molecular complexity index is 2040. The van der Waals surface area contributed by atoms with E-state index in [1.807, 2.05) is 0 Å². The Hall–Kier alpha value is -4.91. The molecular weight excluding hydrogens is 802 g/mol. The molecule has 1 unspecified atom stereocenters. The van der Waals surface area contributed by atoms with Crippen LogP contribution in [0.2, 0.25) is 0 Å². The van der Waals surface area contributed by atoms with Gasteiger partial charge >= 0.3 is 35.9 Å². The average molecular weight is 858 g/mol. The summed E-state index contributed by atoms with van der Waals surface area (Å²) in [5.74, 6) is -7.20. The molecule has 2 aliphatic heterocycles. The lowest BCUT2D eigenvalue weighted by atomic mass is 9.44. The quantitative estimate of drug-likeness (QED) is 0.157. The van der Waals surface area contributed by atoms with Gasteiger partial charge in [0.1, 0.15) is 29.5 Å². The predicted octanol–water partition coefficient (Wildman–Crippen LogP) is 2.02. The molecule has 11 atom stereocenters. The van der Waals surface area contributed by atoms with Crippen LogP contribution in [-0.2, 0) is 57.1 Å². The van der Waals surface area contributed by atoms with Crippen LogP contribution in [0.3, 0.4) is 0 Å². The lowest BCUT2D eigenvalue weighted by Gasteiger charge is -2.67. The molecule has 61 heavy (non-hydrogen) atoms. The molecule has 1 aromatic carbocycles. The van der Waals surface area contributed by atoms with Crippen molar-refractivity contribution in [1.82, 2.24) is 5.32 Å². The monoisotopic (exact) mass is 857 g/mol. The normalized spacial score (nSPS) is 36.0. The summed E-state index contributed by atoms with van der Waals surface area (Å²) in [6, 6.07) is 6.37. The van der Waals surface area contributed by atoms with Crippen LogP contribution < -0.4 is 5.32 Å². The standard InChI is InChI=1S/C43H55NO17/c1-20-24(57-35(51)29-31(39(6,7)36(52)58-29)44-37(53)61-38(4,5)18-45)17-43(54)33(59-34(50)23-14-12-11-13-15-23)30-41(10,25(48)16-26-42(30,19-55-26)60-22(3)47)32(49)28(56-21(2)46)27(20)40(43,8)9/h11-15,24-26,28-31,33,45,48,54H,16-19H2,1-10H3,(H,44,53)/t24-,25-,26+,28+,29?,30-,31-,33-,41+,42-,43+/m0/s1. The molecule has 4 fully saturated rings. The number of alkyl carbamates (subject to hydrolysis) is 1. The third kappa shape index (κ3) is 7.28. The zero-order valence-corrected chi connectivity index (χ0v) is 35.9. The van der Waals surface area contributed by atoms with Gasteiger partial charge in [-0.25, -0.2) is 14.4 Å². The highest BCUT2D eigenvalue weighted by atomic mass is 16.6. The molecule has 1 aromatic rings. The van der Waals surface area contributed by atoms with Crippen molar-refractivity contribution < 1.29 is 82.0 Å². The first kappa shape index (κ1) is 45.6. The van der Waals surface area contributed by atoms with Gasteiger partial charge in [0, 0.05) is 32.1 Å². The fourth-order valence-electron chi connectivity index (χ4n) is 9.95. The van der Waals surface area contributed by atoms with E-state index < -0.39 is 136 Å². The van der Waals surface area contributed by atoms with E-state index in [0.717, 1.165) is 13.8 Å². The van der Waals surface area contributed by atoms with Crippen LogP contribution in [0.1, 0.15) is 92.4 Å². The Morgan fingerprint density at radius 1 is 0.951 bits per heavy atom. The van der Waals surface area contributed by atoms with Gasteiger partial charge in [-0.15, -0.1) is 0 Å². The first-order valence-corrected chi connectivity index (χ1v) is 20.1. The van der Waals surface area contributed by atoms with Crippen molar-refractivity contribution in [1.29, 1.82) is 0 Å². The van der Waals surface area contributed by atoms with Gasteiger partial charge in [0.25, 0.3) is 0 Å². The van der Waals surface area contributed by atoms with Crippen molar-refractivity contribution in [2.75, 3.05) is 13.2 Å². The maximum atomic E-state index is 15.4. The Labute approximate surface area is 352 Å². The van der Waals surface area contributed by atoms with Gasteiger partial charge in [-0.3, -0.25) is 19.2 Å². The topological polar surface area (TPSA) is 257 Å². The van der Waals surface area contributed by atoms with E-state index in [4.69, 9.17) is 33.2 Å². The van der Waals surface area contributed by atoms with E-state index >= 15 is 4.79 Å². The molecule has 4 N–H and O–H groups in total. The second-order valence-corrected chi connectivity index (χ2v) is 18.7. The number of ketones is 1. The number of hydrogen-bond acceptors (Lipinski definition) is 17. The van der Waals surface area contributed by atoms with Gasteiger partial charge in [-0.2, -0.15) is 0 Å². The van der Waals surface area contributed by atoms with E-state index in [9.17, 15) is 44.1 Å². The number of aliphatic hydroxyl groups excluding tert-OH is 2. The molecule has 0 radical (unpaired) electrons. The Morgan fingerprint density at radius 3 is 2.15 bits per heavy atom. The highest BCUT2D eigenvalue weighted by Gasteiger charge is 2.78. The molecule has 18 heteroatoms. The number of cyclic esters (lactones) is 1. The van der Waals surface area contributed by atoms with Crippen LogP contribution in [-0.4, -0.2) is 130 Å². The number of carbonyl (C=O) groups excluding carboxylic acids is 7. The summed E-state index contributed by atoms with van der Waals surface area (Å²) in [5.41, 5.74) is -10.7. The zero-order valence-electron chi connectivity index (χ0n) is 35.9. The summed E-state index contributed by atoms with van der Waals surface area (Å²) in [4.78, 5) is 96.1. The number of esters is 5.